The average molecular weight is 325 g/mol. The predicted octanol–water partition coefficient (Wildman–Crippen LogP) is 2.73. The third-order valence-electron chi connectivity index (χ3n) is 4.16. The number of ether oxygens (including phenoxy) is 1. The maximum absolute atomic E-state index is 11.7. The highest BCUT2D eigenvalue weighted by Gasteiger charge is 2.49. The Morgan fingerprint density at radius 3 is 2.50 bits per heavy atom. The summed E-state index contributed by atoms with van der Waals surface area (Å²) >= 11 is 0. The van der Waals surface area contributed by atoms with Crippen LogP contribution in [0.5, 0.6) is 5.75 Å². The predicted molar refractivity (Wildman–Crippen MR) is 93.7 cm³/mol. The molecule has 0 spiro atoms. The van der Waals surface area contributed by atoms with Crippen molar-refractivity contribution >= 4 is 6.03 Å². The topological polar surface area (TPSA) is 76.4 Å². The Labute approximate surface area is 142 Å². The molecule has 2 aromatic carbocycles. The molecule has 3 rings (SSSR count). The van der Waals surface area contributed by atoms with E-state index >= 15 is 0 Å². The lowest BCUT2D eigenvalue weighted by Gasteiger charge is -2.37. The number of hydrogen-bond donors (Lipinski definition) is 3. The smallest absolute Gasteiger partial charge is 0.315 e. The molecule has 2 amide bonds. The zero-order chi connectivity index (χ0) is 17.2. The Bertz CT molecular complexity index is 718. The van der Waals surface area contributed by atoms with Gasteiger partial charge in [0.1, 0.15) is 5.75 Å². The van der Waals surface area contributed by atoms with Crippen molar-refractivity contribution in [3.8, 4) is 5.75 Å². The molecular formula is C19H23N3O2. The van der Waals surface area contributed by atoms with E-state index < -0.39 is 11.8 Å². The highest BCUT2D eigenvalue weighted by Crippen LogP contribution is 2.41. The molecule has 0 aromatic heterocycles. The summed E-state index contributed by atoms with van der Waals surface area (Å²) in [6.07, 6.45) is 0.547. The van der Waals surface area contributed by atoms with Gasteiger partial charge < -0.3 is 15.8 Å². The molecule has 126 valence electrons. The number of nitrogens with one attached hydrogen (secondary N) is 2. The van der Waals surface area contributed by atoms with Crippen molar-refractivity contribution in [3.63, 3.8) is 0 Å². The normalized spacial score (nSPS) is 22.2. The van der Waals surface area contributed by atoms with Gasteiger partial charge in [-0.3, -0.25) is 5.32 Å². The molecule has 2 aromatic rings. The second kappa shape index (κ2) is 6.53. The minimum Gasteiger partial charge on any atom is -0.466 e. The van der Waals surface area contributed by atoms with Crippen LogP contribution in [0.3, 0.4) is 0 Å². The monoisotopic (exact) mass is 325 g/mol. The number of hydrogen-bond acceptors (Lipinski definition) is 3. The minimum atomic E-state index is -0.957. The van der Waals surface area contributed by atoms with E-state index in [1.54, 1.807) is 0 Å². The third-order valence-corrected chi connectivity index (χ3v) is 4.16. The molecule has 5 heteroatoms. The van der Waals surface area contributed by atoms with Gasteiger partial charge in [0.05, 0.1) is 6.04 Å². The molecule has 2 atom stereocenters. The van der Waals surface area contributed by atoms with E-state index in [-0.39, 0.29) is 12.1 Å². The quantitative estimate of drug-likeness (QED) is 0.740. The molecule has 0 saturated carbocycles. The number of amides is 2. The average Bonchev–Trinajstić information content (AvgIpc) is 2.80. The van der Waals surface area contributed by atoms with Crippen LogP contribution in [-0.4, -0.2) is 17.8 Å². The first kappa shape index (κ1) is 16.3. The molecule has 4 N–H and O–H groups in total. The van der Waals surface area contributed by atoms with Crippen LogP contribution >= 0.6 is 0 Å². The van der Waals surface area contributed by atoms with Crippen molar-refractivity contribution in [1.82, 2.24) is 10.6 Å². The van der Waals surface area contributed by atoms with Gasteiger partial charge in [-0.25, -0.2) is 4.79 Å². The number of fused-ring (bicyclic) bond motifs is 1. The van der Waals surface area contributed by atoms with Crippen molar-refractivity contribution in [1.29, 1.82) is 0 Å². The highest BCUT2D eigenvalue weighted by atomic mass is 16.5. The second-order valence-electron chi connectivity index (χ2n) is 6.42. The van der Waals surface area contributed by atoms with Gasteiger partial charge in [-0.05, 0) is 23.3 Å². The van der Waals surface area contributed by atoms with E-state index in [1.807, 2.05) is 42.5 Å². The van der Waals surface area contributed by atoms with Crippen molar-refractivity contribution < 1.29 is 9.53 Å². The van der Waals surface area contributed by atoms with E-state index in [9.17, 15) is 4.79 Å². The molecule has 0 fully saturated rings. The summed E-state index contributed by atoms with van der Waals surface area (Å²) in [6.45, 7) is 4.14. The number of benzene rings is 2. The number of nitrogens with two attached hydrogens (primary N) is 1. The standard InChI is InChI=1S/C19H23N3O2/c1-13(2)21-17-16-11-7-6-8-14(16)12-19(17,22-18(20)23)24-15-9-4-3-5-10-15/h3-11,13,17,21H,12H2,1-2H3,(H3,20,22,23). The lowest BCUT2D eigenvalue weighted by atomic mass is 10.0. The lowest BCUT2D eigenvalue weighted by Crippen LogP contribution is -2.61. The fourth-order valence-electron chi connectivity index (χ4n) is 3.31. The van der Waals surface area contributed by atoms with Crippen LogP contribution in [0.2, 0.25) is 0 Å². The molecule has 1 aliphatic carbocycles. The number of carbonyl (C=O) groups is 1. The maximum Gasteiger partial charge on any atom is 0.315 e. The first-order valence-corrected chi connectivity index (χ1v) is 8.16. The lowest BCUT2D eigenvalue weighted by molar-refractivity contribution is 0.0152. The van der Waals surface area contributed by atoms with E-state index in [0.29, 0.717) is 12.2 Å². The Kier molecular flexibility index (Phi) is 4.44. The molecule has 24 heavy (non-hydrogen) atoms. The number of primary amides is 1. The summed E-state index contributed by atoms with van der Waals surface area (Å²) in [4.78, 5) is 11.7. The van der Waals surface area contributed by atoms with Crippen LogP contribution in [-0.2, 0) is 6.42 Å². The fourth-order valence-corrected chi connectivity index (χ4v) is 3.31. The Hall–Kier alpha value is -2.53. The summed E-state index contributed by atoms with van der Waals surface area (Å²) in [7, 11) is 0. The summed E-state index contributed by atoms with van der Waals surface area (Å²) in [5, 5.41) is 6.38. The summed E-state index contributed by atoms with van der Waals surface area (Å²) in [6, 6.07) is 17.0. The van der Waals surface area contributed by atoms with Gasteiger partial charge in [0.25, 0.3) is 0 Å². The van der Waals surface area contributed by atoms with Crippen molar-refractivity contribution in [3.05, 3.63) is 65.7 Å². The Morgan fingerprint density at radius 2 is 1.83 bits per heavy atom. The van der Waals surface area contributed by atoms with E-state index in [4.69, 9.17) is 10.5 Å². The van der Waals surface area contributed by atoms with Gasteiger partial charge in [-0.2, -0.15) is 0 Å². The number of rotatable bonds is 5. The molecule has 0 heterocycles. The van der Waals surface area contributed by atoms with Crippen molar-refractivity contribution in [2.24, 2.45) is 5.73 Å². The van der Waals surface area contributed by atoms with Crippen LogP contribution in [0.1, 0.15) is 31.0 Å². The summed E-state index contributed by atoms with van der Waals surface area (Å²) in [5.41, 5.74) is 6.78. The van der Waals surface area contributed by atoms with Crippen LogP contribution in [0.4, 0.5) is 4.79 Å². The largest absolute Gasteiger partial charge is 0.466 e. The molecule has 0 bridgehead atoms. The molecule has 2 unspecified atom stereocenters. The number of urea groups is 1. The molecular weight excluding hydrogens is 302 g/mol. The molecule has 1 aliphatic rings. The van der Waals surface area contributed by atoms with Crippen LogP contribution in [0.15, 0.2) is 54.6 Å². The Morgan fingerprint density at radius 1 is 1.17 bits per heavy atom. The van der Waals surface area contributed by atoms with Gasteiger partial charge in [-0.15, -0.1) is 0 Å². The molecule has 0 radical (unpaired) electrons. The highest BCUT2D eigenvalue weighted by molar-refractivity contribution is 5.73. The first-order chi connectivity index (χ1) is 11.5. The number of carbonyl (C=O) groups excluding carboxylic acids is 1. The SMILES string of the molecule is CC(C)NC1c2ccccc2CC1(NC(N)=O)Oc1ccccc1. The van der Waals surface area contributed by atoms with Crippen molar-refractivity contribution in [2.75, 3.05) is 0 Å². The van der Waals surface area contributed by atoms with Gasteiger partial charge in [0, 0.05) is 12.5 Å². The second-order valence-corrected chi connectivity index (χ2v) is 6.42. The number of para-hydroxylation sites is 1. The van der Waals surface area contributed by atoms with Crippen LogP contribution in [0.25, 0.3) is 0 Å². The van der Waals surface area contributed by atoms with E-state index in [0.717, 1.165) is 11.1 Å². The van der Waals surface area contributed by atoms with Crippen molar-refractivity contribution in [2.45, 2.75) is 38.1 Å². The van der Waals surface area contributed by atoms with E-state index in [1.165, 1.54) is 0 Å². The minimum absolute atomic E-state index is 0.193. The zero-order valence-electron chi connectivity index (χ0n) is 14.0. The molecule has 5 nitrogen and oxygen atoms in total. The maximum atomic E-state index is 11.7. The van der Waals surface area contributed by atoms with Gasteiger partial charge in [-0.1, -0.05) is 56.3 Å². The first-order valence-electron chi connectivity index (χ1n) is 8.16. The van der Waals surface area contributed by atoms with E-state index in [2.05, 4.69) is 36.6 Å². The summed E-state index contributed by atoms with van der Waals surface area (Å²) < 4.78 is 6.30. The van der Waals surface area contributed by atoms with Gasteiger partial charge >= 0.3 is 6.03 Å². The van der Waals surface area contributed by atoms with Crippen LogP contribution < -0.4 is 21.1 Å². The zero-order valence-corrected chi connectivity index (χ0v) is 14.0. The summed E-state index contributed by atoms with van der Waals surface area (Å²) in [5.74, 6) is 0.689. The fraction of sp³-hybridized carbons (Fsp3) is 0.316. The Balaban J connectivity index is 2.04. The van der Waals surface area contributed by atoms with Gasteiger partial charge in [0.2, 0.25) is 5.72 Å². The third kappa shape index (κ3) is 3.21. The molecule has 0 saturated heterocycles. The van der Waals surface area contributed by atoms with Gasteiger partial charge in [0.15, 0.2) is 0 Å². The molecule has 0 aliphatic heterocycles. The van der Waals surface area contributed by atoms with Crippen LogP contribution in [0, 0.1) is 0 Å².